The second-order valence-electron chi connectivity index (χ2n) is 4.82. The van der Waals surface area contributed by atoms with Gasteiger partial charge in [-0.25, -0.2) is 0 Å². The number of benzene rings is 1. The molecule has 0 radical (unpaired) electrons. The van der Waals surface area contributed by atoms with Crippen LogP contribution in [0, 0.1) is 0 Å². The van der Waals surface area contributed by atoms with Crippen molar-refractivity contribution in [3.63, 3.8) is 0 Å². The van der Waals surface area contributed by atoms with Crippen molar-refractivity contribution in [2.45, 2.75) is 19.4 Å². The van der Waals surface area contributed by atoms with Crippen LogP contribution in [-0.4, -0.2) is 35.3 Å². The summed E-state index contributed by atoms with van der Waals surface area (Å²) in [5.41, 5.74) is 6.22. The van der Waals surface area contributed by atoms with Crippen molar-refractivity contribution in [1.29, 1.82) is 0 Å². The Morgan fingerprint density at radius 3 is 2.61 bits per heavy atom. The molecule has 6 heteroatoms. The Morgan fingerprint density at radius 2 is 2.11 bits per heavy atom. The lowest BCUT2D eigenvalue weighted by molar-refractivity contribution is 0.0886. The summed E-state index contributed by atoms with van der Waals surface area (Å²) in [6.07, 6.45) is 0. The molecule has 0 aliphatic heterocycles. The third-order valence-corrected chi connectivity index (χ3v) is 2.87. The summed E-state index contributed by atoms with van der Waals surface area (Å²) in [6.45, 7) is 3.89. The highest BCUT2D eigenvalue weighted by Crippen LogP contribution is 2.24. The number of oxime groups is 1. The molecule has 0 aliphatic rings. The molecule has 0 aliphatic carbocycles. The third-order valence-electron chi connectivity index (χ3n) is 2.38. The fourth-order valence-electron chi connectivity index (χ4n) is 1.77. The molecule has 0 bridgehead atoms. The van der Waals surface area contributed by atoms with Crippen LogP contribution in [0.25, 0.3) is 0 Å². The number of likely N-dealkylation sites (N-methyl/N-ethyl adjacent to an activating group) is 1. The highest BCUT2D eigenvalue weighted by Gasteiger charge is 2.19. The molecule has 0 fully saturated rings. The smallest absolute Gasteiger partial charge is 0.172 e. The molecule has 1 aromatic carbocycles. The largest absolute Gasteiger partial charge is 0.409 e. The number of hydrogen-bond donors (Lipinski definition) is 3. The summed E-state index contributed by atoms with van der Waals surface area (Å²) in [6, 6.07) is 5.48. The van der Waals surface area contributed by atoms with Crippen molar-refractivity contribution in [2.24, 2.45) is 10.9 Å². The van der Waals surface area contributed by atoms with Crippen molar-refractivity contribution >= 4 is 27.5 Å². The van der Waals surface area contributed by atoms with E-state index in [0.29, 0.717) is 12.1 Å². The average molecular weight is 316 g/mol. The van der Waals surface area contributed by atoms with Crippen LogP contribution in [0.3, 0.4) is 0 Å². The lowest BCUT2D eigenvalue weighted by Crippen LogP contribution is -2.37. The molecule has 0 amide bonds. The molecule has 0 spiro atoms. The van der Waals surface area contributed by atoms with E-state index in [0.717, 1.165) is 10.2 Å². The van der Waals surface area contributed by atoms with E-state index in [9.17, 15) is 5.11 Å². The van der Waals surface area contributed by atoms with Gasteiger partial charge in [0.05, 0.1) is 5.60 Å². The van der Waals surface area contributed by atoms with Crippen LogP contribution in [-0.2, 0) is 0 Å². The molecule has 0 saturated carbocycles. The van der Waals surface area contributed by atoms with Gasteiger partial charge in [0.2, 0.25) is 0 Å². The summed E-state index contributed by atoms with van der Waals surface area (Å²) in [5.74, 6) is 0.0360. The highest BCUT2D eigenvalue weighted by molar-refractivity contribution is 9.10. The van der Waals surface area contributed by atoms with Gasteiger partial charge < -0.3 is 20.9 Å². The van der Waals surface area contributed by atoms with Gasteiger partial charge in [0, 0.05) is 29.3 Å². The van der Waals surface area contributed by atoms with Crippen molar-refractivity contribution in [3.8, 4) is 0 Å². The van der Waals surface area contributed by atoms with Gasteiger partial charge in [-0.3, -0.25) is 0 Å². The third kappa shape index (κ3) is 3.89. The quantitative estimate of drug-likeness (QED) is 0.342. The van der Waals surface area contributed by atoms with Crippen LogP contribution in [0.4, 0.5) is 5.69 Å². The van der Waals surface area contributed by atoms with Gasteiger partial charge in [0.25, 0.3) is 0 Å². The number of rotatable bonds is 4. The van der Waals surface area contributed by atoms with Crippen molar-refractivity contribution in [3.05, 3.63) is 28.2 Å². The number of amidine groups is 1. The van der Waals surface area contributed by atoms with Crippen LogP contribution in [0.15, 0.2) is 27.8 Å². The first kappa shape index (κ1) is 14.8. The van der Waals surface area contributed by atoms with Crippen molar-refractivity contribution in [2.75, 3.05) is 18.5 Å². The van der Waals surface area contributed by atoms with Crippen LogP contribution >= 0.6 is 15.9 Å². The summed E-state index contributed by atoms with van der Waals surface area (Å²) >= 11 is 3.34. The van der Waals surface area contributed by atoms with E-state index in [1.807, 2.05) is 24.1 Å². The maximum atomic E-state index is 9.83. The maximum Gasteiger partial charge on any atom is 0.172 e. The van der Waals surface area contributed by atoms with Crippen LogP contribution in [0.5, 0.6) is 0 Å². The van der Waals surface area contributed by atoms with Gasteiger partial charge in [0.15, 0.2) is 5.84 Å². The number of anilines is 1. The zero-order valence-corrected chi connectivity index (χ0v) is 12.3. The van der Waals surface area contributed by atoms with Gasteiger partial charge >= 0.3 is 0 Å². The molecule has 1 rings (SSSR count). The van der Waals surface area contributed by atoms with Crippen molar-refractivity contribution < 1.29 is 10.3 Å². The minimum absolute atomic E-state index is 0.0360. The molecule has 0 aromatic heterocycles. The summed E-state index contributed by atoms with van der Waals surface area (Å²) in [7, 11) is 1.84. The second kappa shape index (κ2) is 5.58. The molecule has 18 heavy (non-hydrogen) atoms. The first-order valence-electron chi connectivity index (χ1n) is 5.45. The average Bonchev–Trinajstić information content (AvgIpc) is 2.25. The summed E-state index contributed by atoms with van der Waals surface area (Å²) in [4.78, 5) is 1.86. The standard InChI is InChI=1S/C12H18BrN3O2/c1-12(2,17)7-16(3)10-5-4-8(13)6-9(10)11(14)15-18/h4-6,17-18H,7H2,1-3H3,(H2,14,15). The minimum Gasteiger partial charge on any atom is -0.409 e. The lowest BCUT2D eigenvalue weighted by Gasteiger charge is -2.28. The fraction of sp³-hybridized carbons (Fsp3) is 0.417. The molecule has 1 aromatic rings. The number of halogens is 1. The number of aliphatic hydroxyl groups is 1. The Morgan fingerprint density at radius 1 is 1.50 bits per heavy atom. The Labute approximate surface area is 115 Å². The molecule has 4 N–H and O–H groups in total. The lowest BCUT2D eigenvalue weighted by atomic mass is 10.1. The normalized spacial score (nSPS) is 12.6. The topological polar surface area (TPSA) is 82.1 Å². The predicted octanol–water partition coefficient (Wildman–Crippen LogP) is 1.75. The van der Waals surface area contributed by atoms with Gasteiger partial charge in [-0.05, 0) is 32.0 Å². The number of nitrogens with two attached hydrogens (primary N) is 1. The molecule has 0 atom stereocenters. The highest BCUT2D eigenvalue weighted by atomic mass is 79.9. The summed E-state index contributed by atoms with van der Waals surface area (Å²) < 4.78 is 0.838. The minimum atomic E-state index is -0.829. The van der Waals surface area contributed by atoms with E-state index in [1.165, 1.54) is 0 Å². The van der Waals surface area contributed by atoms with E-state index in [4.69, 9.17) is 10.9 Å². The fourth-order valence-corrected chi connectivity index (χ4v) is 2.13. The Balaban J connectivity index is 3.16. The van der Waals surface area contributed by atoms with Gasteiger partial charge in [-0.2, -0.15) is 0 Å². The van der Waals surface area contributed by atoms with E-state index < -0.39 is 5.60 Å². The zero-order chi connectivity index (χ0) is 13.9. The monoisotopic (exact) mass is 315 g/mol. The van der Waals surface area contributed by atoms with Crippen LogP contribution in [0.1, 0.15) is 19.4 Å². The molecule has 5 nitrogen and oxygen atoms in total. The molecular formula is C12H18BrN3O2. The first-order valence-corrected chi connectivity index (χ1v) is 6.25. The predicted molar refractivity (Wildman–Crippen MR) is 76.2 cm³/mol. The van der Waals surface area contributed by atoms with E-state index in [2.05, 4.69) is 21.1 Å². The molecule has 100 valence electrons. The number of hydrogen-bond acceptors (Lipinski definition) is 4. The van der Waals surface area contributed by atoms with Crippen LogP contribution in [0.2, 0.25) is 0 Å². The Bertz CT molecular complexity index is 455. The molecule has 0 unspecified atom stereocenters. The maximum absolute atomic E-state index is 9.83. The van der Waals surface area contributed by atoms with E-state index in [-0.39, 0.29) is 5.84 Å². The zero-order valence-electron chi connectivity index (χ0n) is 10.7. The van der Waals surface area contributed by atoms with E-state index in [1.54, 1.807) is 19.9 Å². The van der Waals surface area contributed by atoms with Crippen molar-refractivity contribution in [1.82, 2.24) is 0 Å². The second-order valence-corrected chi connectivity index (χ2v) is 5.73. The summed E-state index contributed by atoms with van der Waals surface area (Å²) in [5, 5.41) is 21.7. The Kier molecular flexibility index (Phi) is 4.59. The van der Waals surface area contributed by atoms with Crippen LogP contribution < -0.4 is 10.6 Å². The van der Waals surface area contributed by atoms with E-state index >= 15 is 0 Å². The first-order chi connectivity index (χ1) is 8.24. The van der Waals surface area contributed by atoms with Gasteiger partial charge in [0.1, 0.15) is 0 Å². The molecule has 0 heterocycles. The Hall–Kier alpha value is -1.27. The SMILES string of the molecule is CN(CC(C)(C)O)c1ccc(Br)cc1/C(N)=N/O. The molecule has 0 saturated heterocycles. The molecular weight excluding hydrogens is 298 g/mol. The van der Waals surface area contributed by atoms with Gasteiger partial charge in [-0.1, -0.05) is 21.1 Å². The number of nitrogens with zero attached hydrogens (tertiary/aromatic N) is 2. The van der Waals surface area contributed by atoms with Gasteiger partial charge in [-0.15, -0.1) is 0 Å².